The summed E-state index contributed by atoms with van der Waals surface area (Å²) in [5, 5.41) is 0. The molecule has 1 aromatic heterocycles. The van der Waals surface area contributed by atoms with Gasteiger partial charge in [-0.2, -0.15) is 0 Å². The van der Waals surface area contributed by atoms with Crippen LogP contribution >= 0.6 is 0 Å². The SMILES string of the molecule is COc1ccc(Oc2cnc(N)nc2)cc1. The molecule has 0 fully saturated rings. The second-order valence-electron chi connectivity index (χ2n) is 3.05. The van der Waals surface area contributed by atoms with Crippen molar-refractivity contribution in [3.05, 3.63) is 36.7 Å². The van der Waals surface area contributed by atoms with Crippen molar-refractivity contribution in [2.45, 2.75) is 0 Å². The molecule has 0 saturated heterocycles. The predicted octanol–water partition coefficient (Wildman–Crippen LogP) is 1.86. The number of hydrogen-bond donors (Lipinski definition) is 1. The first-order valence-corrected chi connectivity index (χ1v) is 4.67. The molecule has 0 radical (unpaired) electrons. The van der Waals surface area contributed by atoms with E-state index in [1.165, 1.54) is 12.4 Å². The number of aromatic nitrogens is 2. The average molecular weight is 217 g/mol. The van der Waals surface area contributed by atoms with Gasteiger partial charge in [-0.3, -0.25) is 0 Å². The number of rotatable bonds is 3. The number of ether oxygens (including phenoxy) is 2. The summed E-state index contributed by atoms with van der Waals surface area (Å²) in [6.07, 6.45) is 3.04. The summed E-state index contributed by atoms with van der Waals surface area (Å²) in [6, 6.07) is 7.23. The molecule has 0 aliphatic carbocycles. The van der Waals surface area contributed by atoms with Gasteiger partial charge in [-0.25, -0.2) is 9.97 Å². The van der Waals surface area contributed by atoms with Gasteiger partial charge in [0.05, 0.1) is 19.5 Å². The van der Waals surface area contributed by atoms with Crippen molar-refractivity contribution in [1.29, 1.82) is 0 Å². The third kappa shape index (κ3) is 2.38. The van der Waals surface area contributed by atoms with Crippen LogP contribution in [0.15, 0.2) is 36.7 Å². The molecule has 0 unspecified atom stereocenters. The Hall–Kier alpha value is -2.30. The van der Waals surface area contributed by atoms with E-state index in [-0.39, 0.29) is 5.95 Å². The van der Waals surface area contributed by atoms with Crippen molar-refractivity contribution >= 4 is 5.95 Å². The maximum Gasteiger partial charge on any atom is 0.220 e. The molecule has 0 saturated carbocycles. The maximum absolute atomic E-state index is 5.50. The van der Waals surface area contributed by atoms with Gasteiger partial charge in [0.25, 0.3) is 0 Å². The Labute approximate surface area is 92.9 Å². The fourth-order valence-corrected chi connectivity index (χ4v) is 1.16. The van der Waals surface area contributed by atoms with Gasteiger partial charge in [-0.1, -0.05) is 0 Å². The van der Waals surface area contributed by atoms with Crippen LogP contribution in [0, 0.1) is 0 Å². The van der Waals surface area contributed by atoms with Crippen molar-refractivity contribution in [3.63, 3.8) is 0 Å². The van der Waals surface area contributed by atoms with E-state index in [0.717, 1.165) is 5.75 Å². The Balaban J connectivity index is 2.11. The van der Waals surface area contributed by atoms with Gasteiger partial charge in [0.2, 0.25) is 5.95 Å². The normalized spacial score (nSPS) is 9.81. The van der Waals surface area contributed by atoms with Crippen LogP contribution in [0.5, 0.6) is 17.2 Å². The van der Waals surface area contributed by atoms with E-state index in [4.69, 9.17) is 15.2 Å². The van der Waals surface area contributed by atoms with Crippen molar-refractivity contribution in [3.8, 4) is 17.2 Å². The Morgan fingerprint density at radius 1 is 0.938 bits per heavy atom. The third-order valence-corrected chi connectivity index (χ3v) is 1.94. The molecule has 1 heterocycles. The highest BCUT2D eigenvalue weighted by Crippen LogP contribution is 2.22. The van der Waals surface area contributed by atoms with E-state index in [9.17, 15) is 0 Å². The minimum Gasteiger partial charge on any atom is -0.497 e. The number of nitrogens with two attached hydrogens (primary N) is 1. The number of anilines is 1. The summed E-state index contributed by atoms with van der Waals surface area (Å²) in [5.41, 5.74) is 5.36. The van der Waals surface area contributed by atoms with E-state index in [2.05, 4.69) is 9.97 Å². The van der Waals surface area contributed by atoms with Crippen molar-refractivity contribution in [2.75, 3.05) is 12.8 Å². The number of hydrogen-bond acceptors (Lipinski definition) is 5. The molecule has 5 heteroatoms. The predicted molar refractivity (Wildman–Crippen MR) is 59.5 cm³/mol. The zero-order valence-electron chi connectivity index (χ0n) is 8.75. The molecule has 2 aromatic rings. The highest BCUT2D eigenvalue weighted by atomic mass is 16.5. The molecule has 0 amide bonds. The molecular weight excluding hydrogens is 206 g/mol. The van der Waals surface area contributed by atoms with Crippen molar-refractivity contribution in [2.24, 2.45) is 0 Å². The summed E-state index contributed by atoms with van der Waals surface area (Å²) >= 11 is 0. The molecule has 82 valence electrons. The topological polar surface area (TPSA) is 70.3 Å². The zero-order chi connectivity index (χ0) is 11.4. The molecule has 0 aliphatic rings. The highest BCUT2D eigenvalue weighted by Gasteiger charge is 1.98. The van der Waals surface area contributed by atoms with E-state index in [1.807, 2.05) is 12.1 Å². The minimum absolute atomic E-state index is 0.224. The molecule has 5 nitrogen and oxygen atoms in total. The largest absolute Gasteiger partial charge is 0.497 e. The average Bonchev–Trinajstić information content (AvgIpc) is 2.33. The number of nitrogen functional groups attached to an aromatic ring is 1. The Kier molecular flexibility index (Phi) is 2.86. The van der Waals surface area contributed by atoms with Crippen LogP contribution in [0.2, 0.25) is 0 Å². The Bertz CT molecular complexity index is 454. The first-order valence-electron chi connectivity index (χ1n) is 4.67. The smallest absolute Gasteiger partial charge is 0.220 e. The fourth-order valence-electron chi connectivity index (χ4n) is 1.16. The first kappa shape index (κ1) is 10.2. The number of benzene rings is 1. The molecular formula is C11H11N3O2. The Morgan fingerprint density at radius 3 is 2.06 bits per heavy atom. The van der Waals surface area contributed by atoms with Crippen LogP contribution in [0.3, 0.4) is 0 Å². The molecule has 0 aliphatic heterocycles. The summed E-state index contributed by atoms with van der Waals surface area (Å²) in [6.45, 7) is 0. The van der Waals surface area contributed by atoms with Crippen LogP contribution < -0.4 is 15.2 Å². The van der Waals surface area contributed by atoms with Crippen molar-refractivity contribution < 1.29 is 9.47 Å². The van der Waals surface area contributed by atoms with Gasteiger partial charge < -0.3 is 15.2 Å². The lowest BCUT2D eigenvalue weighted by Crippen LogP contribution is -1.94. The van der Waals surface area contributed by atoms with Crippen LogP contribution in [0.4, 0.5) is 5.95 Å². The van der Waals surface area contributed by atoms with E-state index >= 15 is 0 Å². The van der Waals surface area contributed by atoms with Crippen LogP contribution in [0.25, 0.3) is 0 Å². The molecule has 16 heavy (non-hydrogen) atoms. The quantitative estimate of drug-likeness (QED) is 0.849. The number of nitrogens with zero attached hydrogens (tertiary/aromatic N) is 2. The fraction of sp³-hybridized carbons (Fsp3) is 0.0909. The molecule has 0 bridgehead atoms. The van der Waals surface area contributed by atoms with Gasteiger partial charge in [0, 0.05) is 0 Å². The van der Waals surface area contributed by atoms with Crippen LogP contribution in [-0.4, -0.2) is 17.1 Å². The molecule has 1 aromatic carbocycles. The maximum atomic E-state index is 5.50. The lowest BCUT2D eigenvalue weighted by atomic mass is 10.3. The van der Waals surface area contributed by atoms with Gasteiger partial charge in [0.1, 0.15) is 11.5 Å². The van der Waals surface area contributed by atoms with E-state index in [0.29, 0.717) is 11.5 Å². The monoisotopic (exact) mass is 217 g/mol. The molecule has 2 N–H and O–H groups in total. The second-order valence-corrected chi connectivity index (χ2v) is 3.05. The minimum atomic E-state index is 0.224. The van der Waals surface area contributed by atoms with E-state index in [1.54, 1.807) is 19.2 Å². The first-order chi connectivity index (χ1) is 7.78. The van der Waals surface area contributed by atoms with Crippen LogP contribution in [0.1, 0.15) is 0 Å². The second kappa shape index (κ2) is 4.48. The van der Waals surface area contributed by atoms with Gasteiger partial charge in [-0.05, 0) is 24.3 Å². The van der Waals surface area contributed by atoms with Gasteiger partial charge in [0.15, 0.2) is 5.75 Å². The summed E-state index contributed by atoms with van der Waals surface area (Å²) < 4.78 is 10.5. The summed E-state index contributed by atoms with van der Waals surface area (Å²) in [7, 11) is 1.61. The lowest BCUT2D eigenvalue weighted by Gasteiger charge is -2.05. The number of methoxy groups -OCH3 is 1. The third-order valence-electron chi connectivity index (χ3n) is 1.94. The zero-order valence-corrected chi connectivity index (χ0v) is 8.75. The lowest BCUT2D eigenvalue weighted by molar-refractivity contribution is 0.412. The molecule has 0 spiro atoms. The van der Waals surface area contributed by atoms with Crippen molar-refractivity contribution in [1.82, 2.24) is 9.97 Å². The van der Waals surface area contributed by atoms with Gasteiger partial charge >= 0.3 is 0 Å². The Morgan fingerprint density at radius 2 is 1.50 bits per heavy atom. The standard InChI is InChI=1S/C11H11N3O2/c1-15-8-2-4-9(5-3-8)16-10-6-13-11(12)14-7-10/h2-7H,1H3,(H2,12,13,14). The summed E-state index contributed by atoms with van der Waals surface area (Å²) in [5.74, 6) is 2.23. The van der Waals surface area contributed by atoms with Gasteiger partial charge in [-0.15, -0.1) is 0 Å². The van der Waals surface area contributed by atoms with E-state index < -0.39 is 0 Å². The summed E-state index contributed by atoms with van der Waals surface area (Å²) in [4.78, 5) is 7.65. The highest BCUT2D eigenvalue weighted by molar-refractivity contribution is 5.34. The van der Waals surface area contributed by atoms with Crippen LogP contribution in [-0.2, 0) is 0 Å². The molecule has 0 atom stereocenters. The molecule has 2 rings (SSSR count).